The fourth-order valence-corrected chi connectivity index (χ4v) is 3.62. The Morgan fingerprint density at radius 1 is 1.14 bits per heavy atom. The number of non-ortho nitro benzene ring substituents is 1. The van der Waals surface area contributed by atoms with Crippen LogP contribution in [0.1, 0.15) is 38.3 Å². The van der Waals surface area contributed by atoms with Gasteiger partial charge in [0.15, 0.2) is 0 Å². The summed E-state index contributed by atoms with van der Waals surface area (Å²) in [5.74, 6) is 0.717. The summed E-state index contributed by atoms with van der Waals surface area (Å²) in [6.07, 6.45) is 0.743. The van der Waals surface area contributed by atoms with Crippen molar-refractivity contribution < 1.29 is 9.72 Å². The van der Waals surface area contributed by atoms with Crippen LogP contribution >= 0.6 is 11.8 Å². The van der Waals surface area contributed by atoms with E-state index in [0.717, 1.165) is 17.7 Å². The number of thioether (sulfide) groups is 1. The van der Waals surface area contributed by atoms with E-state index in [2.05, 4.69) is 36.5 Å². The lowest BCUT2D eigenvalue weighted by Crippen LogP contribution is -2.25. The Kier molecular flexibility index (Phi) is 7.75. The normalized spacial score (nSPS) is 11.9. The second-order valence-electron chi connectivity index (χ2n) is 7.23. The summed E-state index contributed by atoms with van der Waals surface area (Å²) in [5.41, 5.74) is 5.64. The fraction of sp³-hybridized carbons (Fsp3) is 0.333. The molecule has 0 atom stereocenters. The third kappa shape index (κ3) is 6.81. The molecule has 0 aromatic heterocycles. The zero-order valence-corrected chi connectivity index (χ0v) is 17.2. The molecule has 0 radical (unpaired) electrons. The number of rotatable bonds is 9. The largest absolute Gasteiger partial charge is 0.272 e. The molecule has 148 valence electrons. The molecule has 0 aliphatic carbocycles. The molecular formula is C21H25N3O3S. The molecule has 0 spiro atoms. The number of hydrogen-bond donors (Lipinski definition) is 1. The first-order valence-electron chi connectivity index (χ1n) is 8.96. The number of nitro benzene ring substituents is 1. The van der Waals surface area contributed by atoms with Gasteiger partial charge in [-0.25, -0.2) is 5.43 Å². The van der Waals surface area contributed by atoms with Gasteiger partial charge in [0.1, 0.15) is 0 Å². The molecule has 2 aromatic carbocycles. The first-order valence-corrected chi connectivity index (χ1v) is 10.1. The molecule has 6 nitrogen and oxygen atoms in total. The number of carbonyl (C=O) groups excluding carboxylic acids is 1. The Morgan fingerprint density at radius 2 is 1.79 bits per heavy atom. The molecule has 28 heavy (non-hydrogen) atoms. The van der Waals surface area contributed by atoms with Gasteiger partial charge >= 0.3 is 0 Å². The third-order valence-electron chi connectivity index (χ3n) is 4.27. The van der Waals surface area contributed by atoms with E-state index in [0.29, 0.717) is 5.75 Å². The predicted octanol–water partition coefficient (Wildman–Crippen LogP) is 4.69. The van der Waals surface area contributed by atoms with Crippen molar-refractivity contribution in [3.05, 3.63) is 75.8 Å². The maximum Gasteiger partial charge on any atom is 0.269 e. The number of hydrazone groups is 1. The number of benzene rings is 2. The molecule has 0 aliphatic heterocycles. The van der Waals surface area contributed by atoms with E-state index in [1.54, 1.807) is 12.1 Å². The summed E-state index contributed by atoms with van der Waals surface area (Å²) >= 11 is 1.44. The van der Waals surface area contributed by atoms with Gasteiger partial charge in [0.25, 0.3) is 5.69 Å². The van der Waals surface area contributed by atoms with E-state index in [1.165, 1.54) is 29.5 Å². The van der Waals surface area contributed by atoms with E-state index in [4.69, 9.17) is 0 Å². The fourth-order valence-electron chi connectivity index (χ4n) is 2.84. The van der Waals surface area contributed by atoms with Crippen LogP contribution in [0.15, 0.2) is 59.7 Å². The maximum absolute atomic E-state index is 12.0. The van der Waals surface area contributed by atoms with Gasteiger partial charge in [-0.2, -0.15) is 5.10 Å². The molecule has 1 amide bonds. The van der Waals surface area contributed by atoms with E-state index < -0.39 is 4.92 Å². The minimum Gasteiger partial charge on any atom is -0.272 e. The van der Waals surface area contributed by atoms with Gasteiger partial charge in [-0.3, -0.25) is 14.9 Å². The Labute approximate surface area is 169 Å². The summed E-state index contributed by atoms with van der Waals surface area (Å²) in [6, 6.07) is 16.6. The van der Waals surface area contributed by atoms with Gasteiger partial charge in [-0.05, 0) is 29.9 Å². The number of nitrogens with one attached hydrogen (secondary N) is 1. The number of hydrogen-bond acceptors (Lipinski definition) is 5. The van der Waals surface area contributed by atoms with Crippen LogP contribution in [-0.4, -0.2) is 22.3 Å². The molecule has 0 aliphatic rings. The predicted molar refractivity (Wildman–Crippen MR) is 115 cm³/mol. The van der Waals surface area contributed by atoms with Crippen molar-refractivity contribution in [2.24, 2.45) is 5.10 Å². The summed E-state index contributed by atoms with van der Waals surface area (Å²) in [6.45, 7) is 6.22. The van der Waals surface area contributed by atoms with E-state index in [1.807, 2.05) is 25.1 Å². The van der Waals surface area contributed by atoms with Crippen LogP contribution in [-0.2, 0) is 16.0 Å². The molecule has 0 saturated carbocycles. The minimum absolute atomic E-state index is 0.0646. The number of amides is 1. The Hall–Kier alpha value is -2.67. The van der Waals surface area contributed by atoms with Crippen molar-refractivity contribution in [1.82, 2.24) is 5.43 Å². The molecule has 2 aromatic rings. The van der Waals surface area contributed by atoms with E-state index >= 15 is 0 Å². The van der Waals surface area contributed by atoms with Crippen LogP contribution < -0.4 is 5.43 Å². The van der Waals surface area contributed by atoms with Crippen LogP contribution in [0.4, 0.5) is 5.69 Å². The van der Waals surface area contributed by atoms with Gasteiger partial charge in [0, 0.05) is 23.6 Å². The molecule has 0 bridgehead atoms. The second kappa shape index (κ2) is 10.0. The lowest BCUT2D eigenvalue weighted by Gasteiger charge is -2.25. The molecule has 0 heterocycles. The third-order valence-corrected chi connectivity index (χ3v) is 5.28. The zero-order chi connectivity index (χ0) is 20.6. The molecule has 1 N–H and O–H groups in total. The van der Waals surface area contributed by atoms with Crippen LogP contribution in [0, 0.1) is 10.1 Å². The average molecular weight is 400 g/mol. The lowest BCUT2D eigenvalue weighted by molar-refractivity contribution is -0.384. The van der Waals surface area contributed by atoms with Gasteiger partial charge in [0.05, 0.1) is 10.7 Å². The highest BCUT2D eigenvalue weighted by Crippen LogP contribution is 2.27. The highest BCUT2D eigenvalue weighted by atomic mass is 32.2. The quantitative estimate of drug-likeness (QED) is 0.377. The standard InChI is InChI=1S/C21H25N3O3S/c1-16(13-21(2,3)18-7-5-4-6-8-18)22-23-20(25)15-28-14-17-9-11-19(12-10-17)24(26)27/h4-12H,13-15H2,1-3H3,(H,23,25). The van der Waals surface area contributed by atoms with Crippen LogP contribution in [0.5, 0.6) is 0 Å². The minimum atomic E-state index is -0.427. The molecule has 7 heteroatoms. The summed E-state index contributed by atoms with van der Waals surface area (Å²) < 4.78 is 0. The van der Waals surface area contributed by atoms with Gasteiger partial charge in [-0.15, -0.1) is 11.8 Å². The topological polar surface area (TPSA) is 84.6 Å². The Morgan fingerprint density at radius 3 is 2.39 bits per heavy atom. The van der Waals surface area contributed by atoms with Crippen molar-refractivity contribution in [1.29, 1.82) is 0 Å². The molecule has 0 saturated heterocycles. The van der Waals surface area contributed by atoms with Crippen LogP contribution in [0.25, 0.3) is 0 Å². The van der Waals surface area contributed by atoms with Crippen LogP contribution in [0.2, 0.25) is 0 Å². The van der Waals surface area contributed by atoms with E-state index in [-0.39, 0.29) is 22.8 Å². The zero-order valence-electron chi connectivity index (χ0n) is 16.3. The first-order chi connectivity index (χ1) is 13.3. The lowest BCUT2D eigenvalue weighted by atomic mass is 9.80. The van der Waals surface area contributed by atoms with Crippen molar-refractivity contribution >= 4 is 29.1 Å². The molecular weight excluding hydrogens is 374 g/mol. The molecule has 0 fully saturated rings. The maximum atomic E-state index is 12.0. The van der Waals surface area contributed by atoms with E-state index in [9.17, 15) is 14.9 Å². The van der Waals surface area contributed by atoms with Gasteiger partial charge < -0.3 is 0 Å². The molecule has 0 unspecified atom stereocenters. The van der Waals surface area contributed by atoms with Crippen LogP contribution in [0.3, 0.4) is 0 Å². The number of carbonyl (C=O) groups is 1. The summed E-state index contributed by atoms with van der Waals surface area (Å²) in [4.78, 5) is 22.2. The number of nitrogens with zero attached hydrogens (tertiary/aromatic N) is 2. The highest BCUT2D eigenvalue weighted by Gasteiger charge is 2.21. The summed E-state index contributed by atoms with van der Waals surface area (Å²) in [7, 11) is 0. The highest BCUT2D eigenvalue weighted by molar-refractivity contribution is 7.99. The first kappa shape index (κ1) is 21.6. The number of nitro groups is 1. The molecule has 2 rings (SSSR count). The van der Waals surface area contributed by atoms with Gasteiger partial charge in [-0.1, -0.05) is 56.3 Å². The van der Waals surface area contributed by atoms with Gasteiger partial charge in [0.2, 0.25) is 5.91 Å². The second-order valence-corrected chi connectivity index (χ2v) is 8.21. The Bertz CT molecular complexity index is 834. The smallest absolute Gasteiger partial charge is 0.269 e. The van der Waals surface area contributed by atoms with Crippen molar-refractivity contribution in [3.8, 4) is 0 Å². The monoisotopic (exact) mass is 399 g/mol. The van der Waals surface area contributed by atoms with Crippen molar-refractivity contribution in [2.75, 3.05) is 5.75 Å². The Balaban J connectivity index is 1.77. The van der Waals surface area contributed by atoms with Crippen molar-refractivity contribution in [3.63, 3.8) is 0 Å². The summed E-state index contributed by atoms with van der Waals surface area (Å²) in [5, 5.41) is 14.9. The average Bonchev–Trinajstić information content (AvgIpc) is 2.67. The SMILES string of the molecule is CC(CC(C)(C)c1ccccc1)=NNC(=O)CSCc1ccc([N+](=O)[O-])cc1. The van der Waals surface area contributed by atoms with Crippen molar-refractivity contribution in [2.45, 2.75) is 38.4 Å².